The average Bonchev–Trinajstić information content (AvgIpc) is 2.40. The average molecular weight is 352 g/mol. The highest BCUT2D eigenvalue weighted by atomic mass is 127. The van der Waals surface area contributed by atoms with Crippen LogP contribution in [0, 0.1) is 6.92 Å². The molecule has 2 aromatic carbocycles. The lowest BCUT2D eigenvalue weighted by Gasteiger charge is -2.18. The van der Waals surface area contributed by atoms with E-state index in [1.54, 1.807) is 6.07 Å². The number of rotatable bonds is 4. The van der Waals surface area contributed by atoms with Crippen molar-refractivity contribution in [2.75, 3.05) is 4.43 Å². The van der Waals surface area contributed by atoms with Gasteiger partial charge in [0.05, 0.1) is 0 Å². The molecule has 0 saturated carbocycles. The van der Waals surface area contributed by atoms with E-state index >= 15 is 0 Å². The predicted molar refractivity (Wildman–Crippen MR) is 84.6 cm³/mol. The van der Waals surface area contributed by atoms with Gasteiger partial charge in [0.25, 0.3) is 0 Å². The van der Waals surface area contributed by atoms with E-state index in [1.807, 2.05) is 12.1 Å². The third kappa shape index (κ3) is 3.05. The Bertz CT molecular complexity index is 508. The lowest BCUT2D eigenvalue weighted by molar-refractivity contribution is 0.464. The second-order valence-electron chi connectivity index (χ2n) is 4.50. The molecular weight excluding hydrogens is 335 g/mol. The van der Waals surface area contributed by atoms with Gasteiger partial charge in [-0.15, -0.1) is 0 Å². The molecule has 0 aliphatic carbocycles. The van der Waals surface area contributed by atoms with Crippen molar-refractivity contribution in [3.63, 3.8) is 0 Å². The molecule has 2 aromatic rings. The number of phenolic OH excluding ortho intramolecular Hbond substituents is 1. The van der Waals surface area contributed by atoms with Crippen LogP contribution in [0.4, 0.5) is 0 Å². The standard InChI is InChI=1S/C16H17IO/c1-12-7-8-16(18)15(11-12)14(9-10-17)13-5-3-2-4-6-13/h2-8,11,14,18H,9-10H2,1H3. The van der Waals surface area contributed by atoms with E-state index in [1.165, 1.54) is 11.1 Å². The highest BCUT2D eigenvalue weighted by Gasteiger charge is 2.16. The van der Waals surface area contributed by atoms with Crippen LogP contribution >= 0.6 is 22.6 Å². The van der Waals surface area contributed by atoms with Gasteiger partial charge in [0.2, 0.25) is 0 Å². The number of hydrogen-bond acceptors (Lipinski definition) is 1. The van der Waals surface area contributed by atoms with Gasteiger partial charge in [-0.1, -0.05) is 70.6 Å². The first kappa shape index (κ1) is 13.4. The normalized spacial score (nSPS) is 12.3. The molecule has 2 rings (SSSR count). The molecule has 18 heavy (non-hydrogen) atoms. The first-order valence-electron chi connectivity index (χ1n) is 6.13. The van der Waals surface area contributed by atoms with Gasteiger partial charge in [-0.3, -0.25) is 0 Å². The Labute approximate surface area is 122 Å². The molecule has 0 fully saturated rings. The first-order valence-corrected chi connectivity index (χ1v) is 7.65. The molecule has 0 heterocycles. The van der Waals surface area contributed by atoms with Crippen LogP contribution in [-0.4, -0.2) is 9.53 Å². The summed E-state index contributed by atoms with van der Waals surface area (Å²) in [4.78, 5) is 0. The fraction of sp³-hybridized carbons (Fsp3) is 0.250. The van der Waals surface area contributed by atoms with Gasteiger partial charge in [-0.05, 0) is 25.0 Å². The highest BCUT2D eigenvalue weighted by molar-refractivity contribution is 14.1. The third-order valence-electron chi connectivity index (χ3n) is 3.16. The molecule has 1 atom stereocenters. The van der Waals surface area contributed by atoms with E-state index < -0.39 is 0 Å². The largest absolute Gasteiger partial charge is 0.508 e. The summed E-state index contributed by atoms with van der Waals surface area (Å²) in [5.41, 5.74) is 3.50. The van der Waals surface area contributed by atoms with Crippen LogP contribution in [0.2, 0.25) is 0 Å². The zero-order chi connectivity index (χ0) is 13.0. The lowest BCUT2D eigenvalue weighted by Crippen LogP contribution is -2.02. The molecule has 0 amide bonds. The molecule has 94 valence electrons. The van der Waals surface area contributed by atoms with E-state index in [0.717, 1.165) is 16.4 Å². The number of hydrogen-bond donors (Lipinski definition) is 1. The van der Waals surface area contributed by atoms with E-state index in [9.17, 15) is 5.11 Å². The molecule has 0 radical (unpaired) electrons. The number of halogens is 1. The zero-order valence-corrected chi connectivity index (χ0v) is 12.6. The van der Waals surface area contributed by atoms with Crippen LogP contribution < -0.4 is 0 Å². The van der Waals surface area contributed by atoms with E-state index in [-0.39, 0.29) is 5.92 Å². The van der Waals surface area contributed by atoms with Crippen molar-refractivity contribution in [1.82, 2.24) is 0 Å². The maximum absolute atomic E-state index is 10.1. The van der Waals surface area contributed by atoms with Crippen LogP contribution in [0.5, 0.6) is 5.75 Å². The summed E-state index contributed by atoms with van der Waals surface area (Å²) < 4.78 is 1.07. The summed E-state index contributed by atoms with van der Waals surface area (Å²) in [6.07, 6.45) is 1.04. The van der Waals surface area contributed by atoms with Crippen molar-refractivity contribution in [3.05, 3.63) is 65.2 Å². The fourth-order valence-corrected chi connectivity index (χ4v) is 2.87. The Morgan fingerprint density at radius 3 is 2.50 bits per heavy atom. The van der Waals surface area contributed by atoms with Gasteiger partial charge < -0.3 is 5.11 Å². The van der Waals surface area contributed by atoms with E-state index in [0.29, 0.717) is 5.75 Å². The smallest absolute Gasteiger partial charge is 0.119 e. The Morgan fingerprint density at radius 2 is 1.83 bits per heavy atom. The molecule has 1 nitrogen and oxygen atoms in total. The summed E-state index contributed by atoms with van der Waals surface area (Å²) in [5.74, 6) is 0.683. The Morgan fingerprint density at radius 1 is 1.11 bits per heavy atom. The summed E-state index contributed by atoms with van der Waals surface area (Å²) in [6.45, 7) is 2.06. The quantitative estimate of drug-likeness (QED) is 0.627. The van der Waals surface area contributed by atoms with Gasteiger partial charge in [-0.25, -0.2) is 0 Å². The molecule has 0 bridgehead atoms. The van der Waals surface area contributed by atoms with Crippen LogP contribution in [0.25, 0.3) is 0 Å². The molecule has 0 spiro atoms. The summed E-state index contributed by atoms with van der Waals surface area (Å²) in [6, 6.07) is 16.3. The minimum Gasteiger partial charge on any atom is -0.508 e. The van der Waals surface area contributed by atoms with Crippen molar-refractivity contribution in [3.8, 4) is 5.75 Å². The van der Waals surface area contributed by atoms with Gasteiger partial charge in [0, 0.05) is 15.9 Å². The second kappa shape index (κ2) is 6.23. The van der Waals surface area contributed by atoms with Crippen molar-refractivity contribution < 1.29 is 5.11 Å². The third-order valence-corrected chi connectivity index (χ3v) is 3.78. The number of benzene rings is 2. The lowest BCUT2D eigenvalue weighted by atomic mass is 9.88. The molecule has 0 aliphatic heterocycles. The van der Waals surface area contributed by atoms with Gasteiger partial charge >= 0.3 is 0 Å². The van der Waals surface area contributed by atoms with Crippen molar-refractivity contribution in [2.24, 2.45) is 0 Å². The summed E-state index contributed by atoms with van der Waals surface area (Å²) in [7, 11) is 0. The molecule has 1 N–H and O–H groups in total. The Hall–Kier alpha value is -1.03. The molecule has 0 aliphatic rings. The number of aromatic hydroxyl groups is 1. The first-order chi connectivity index (χ1) is 8.72. The zero-order valence-electron chi connectivity index (χ0n) is 10.4. The van der Waals surface area contributed by atoms with Crippen molar-refractivity contribution >= 4 is 22.6 Å². The minimum atomic E-state index is 0.281. The fourth-order valence-electron chi connectivity index (χ4n) is 2.25. The molecule has 0 aromatic heterocycles. The Balaban J connectivity index is 2.44. The highest BCUT2D eigenvalue weighted by Crippen LogP contribution is 2.34. The second-order valence-corrected chi connectivity index (χ2v) is 5.58. The van der Waals surface area contributed by atoms with Crippen LogP contribution in [0.1, 0.15) is 29.0 Å². The van der Waals surface area contributed by atoms with Gasteiger partial charge in [0.15, 0.2) is 0 Å². The van der Waals surface area contributed by atoms with Crippen LogP contribution in [0.15, 0.2) is 48.5 Å². The molecular formula is C16H17IO. The molecule has 1 unspecified atom stereocenters. The van der Waals surface area contributed by atoms with Crippen molar-refractivity contribution in [1.29, 1.82) is 0 Å². The monoisotopic (exact) mass is 352 g/mol. The molecule has 0 saturated heterocycles. The summed E-state index contributed by atoms with van der Waals surface area (Å²) in [5, 5.41) is 10.1. The maximum atomic E-state index is 10.1. The van der Waals surface area contributed by atoms with Gasteiger partial charge in [-0.2, -0.15) is 0 Å². The van der Waals surface area contributed by atoms with Crippen LogP contribution in [0.3, 0.4) is 0 Å². The van der Waals surface area contributed by atoms with Gasteiger partial charge in [0.1, 0.15) is 5.75 Å². The van der Waals surface area contributed by atoms with E-state index in [4.69, 9.17) is 0 Å². The minimum absolute atomic E-state index is 0.281. The maximum Gasteiger partial charge on any atom is 0.119 e. The SMILES string of the molecule is Cc1ccc(O)c(C(CCI)c2ccccc2)c1. The Kier molecular flexibility index (Phi) is 4.64. The molecule has 2 heteroatoms. The van der Waals surface area contributed by atoms with Crippen molar-refractivity contribution in [2.45, 2.75) is 19.3 Å². The number of alkyl halides is 1. The van der Waals surface area contributed by atoms with Crippen LogP contribution in [-0.2, 0) is 0 Å². The summed E-state index contributed by atoms with van der Waals surface area (Å²) >= 11 is 2.39. The topological polar surface area (TPSA) is 20.2 Å². The van der Waals surface area contributed by atoms with E-state index in [2.05, 4.69) is 59.8 Å². The predicted octanol–water partition coefficient (Wildman–Crippen LogP) is 4.66. The number of aryl methyl sites for hydroxylation is 1. The number of phenols is 1.